The normalized spacial score (nSPS) is 23.1. The summed E-state index contributed by atoms with van der Waals surface area (Å²) in [6.45, 7) is 3.15. The number of aromatic nitrogens is 2. The van der Waals surface area contributed by atoms with Gasteiger partial charge in [-0.25, -0.2) is 4.68 Å². The van der Waals surface area contributed by atoms with E-state index in [-0.39, 0.29) is 5.56 Å². The first kappa shape index (κ1) is 18.4. The third-order valence-electron chi connectivity index (χ3n) is 6.42. The number of fused-ring (bicyclic) bond motifs is 1. The molecule has 0 N–H and O–H groups in total. The highest BCUT2D eigenvalue weighted by Gasteiger charge is 2.32. The molecule has 1 unspecified atom stereocenters. The molecular weight excluding hydrogens is 334 g/mol. The maximum Gasteiger partial charge on any atom is 0.274 e. The lowest BCUT2D eigenvalue weighted by molar-refractivity contribution is 0.0593. The Balaban J connectivity index is 1.32. The highest BCUT2D eigenvalue weighted by molar-refractivity contribution is 5.61. The Kier molecular flexibility index (Phi) is 6.03. The van der Waals surface area contributed by atoms with Gasteiger partial charge in [0.15, 0.2) is 0 Å². The van der Waals surface area contributed by atoms with Gasteiger partial charge in [0.05, 0.1) is 5.56 Å². The van der Waals surface area contributed by atoms with Crippen LogP contribution in [-0.2, 0) is 6.54 Å². The van der Waals surface area contributed by atoms with Crippen LogP contribution in [-0.4, -0.2) is 33.8 Å². The van der Waals surface area contributed by atoms with E-state index in [0.29, 0.717) is 6.54 Å². The third-order valence-corrected chi connectivity index (χ3v) is 6.42. The molecule has 0 amide bonds. The second-order valence-corrected chi connectivity index (χ2v) is 8.14. The standard InChI is InChI=1S/C23H31N3O/c27-23-21(19-9-2-1-3-10-19)14-15-24-26(23)18-7-6-16-25-17-8-12-20-11-4-5-13-22(20)25/h1-3,9-10,14-15,20,22H,4-8,11-13,16-18H2/t20-,22?/m1/s1. The summed E-state index contributed by atoms with van der Waals surface area (Å²) in [5.41, 5.74) is 1.73. The van der Waals surface area contributed by atoms with Crippen molar-refractivity contribution in [2.45, 2.75) is 64.0 Å². The summed E-state index contributed by atoms with van der Waals surface area (Å²) in [4.78, 5) is 15.5. The monoisotopic (exact) mass is 365 g/mol. The molecule has 1 saturated heterocycles. The molecular formula is C23H31N3O. The van der Waals surface area contributed by atoms with Crippen LogP contribution in [0.3, 0.4) is 0 Å². The molecule has 2 aromatic rings. The van der Waals surface area contributed by atoms with Crippen LogP contribution in [0.25, 0.3) is 11.1 Å². The second kappa shape index (κ2) is 8.83. The van der Waals surface area contributed by atoms with E-state index in [0.717, 1.165) is 35.9 Å². The molecule has 1 aliphatic heterocycles. The van der Waals surface area contributed by atoms with Gasteiger partial charge in [-0.2, -0.15) is 5.10 Å². The van der Waals surface area contributed by atoms with Crippen LogP contribution >= 0.6 is 0 Å². The predicted octanol–water partition coefficient (Wildman–Crippen LogP) is 4.35. The maximum absolute atomic E-state index is 12.7. The van der Waals surface area contributed by atoms with Crippen molar-refractivity contribution in [2.24, 2.45) is 5.92 Å². The summed E-state index contributed by atoms with van der Waals surface area (Å²) in [5.74, 6) is 0.944. The number of unbranched alkanes of at least 4 members (excludes halogenated alkanes) is 1. The zero-order valence-electron chi connectivity index (χ0n) is 16.2. The van der Waals surface area contributed by atoms with E-state index in [2.05, 4.69) is 10.00 Å². The number of benzene rings is 1. The molecule has 0 bridgehead atoms. The van der Waals surface area contributed by atoms with Crippen LogP contribution in [0.5, 0.6) is 0 Å². The summed E-state index contributed by atoms with van der Waals surface area (Å²) in [5, 5.41) is 4.30. The van der Waals surface area contributed by atoms with E-state index < -0.39 is 0 Å². The number of aryl methyl sites for hydroxylation is 1. The minimum Gasteiger partial charge on any atom is -0.300 e. The van der Waals surface area contributed by atoms with Gasteiger partial charge in [0, 0.05) is 18.8 Å². The largest absolute Gasteiger partial charge is 0.300 e. The van der Waals surface area contributed by atoms with Crippen molar-refractivity contribution in [3.05, 3.63) is 52.9 Å². The van der Waals surface area contributed by atoms with E-state index >= 15 is 0 Å². The molecule has 1 aromatic heterocycles. The zero-order chi connectivity index (χ0) is 18.5. The van der Waals surface area contributed by atoms with Gasteiger partial charge in [0.1, 0.15) is 0 Å². The van der Waals surface area contributed by atoms with Gasteiger partial charge >= 0.3 is 0 Å². The van der Waals surface area contributed by atoms with Crippen molar-refractivity contribution in [3.63, 3.8) is 0 Å². The Morgan fingerprint density at radius 1 is 0.926 bits per heavy atom. The molecule has 4 nitrogen and oxygen atoms in total. The number of likely N-dealkylation sites (tertiary alicyclic amines) is 1. The van der Waals surface area contributed by atoms with Crippen molar-refractivity contribution in [1.82, 2.24) is 14.7 Å². The molecule has 1 aliphatic carbocycles. The quantitative estimate of drug-likeness (QED) is 0.715. The van der Waals surface area contributed by atoms with Gasteiger partial charge in [-0.3, -0.25) is 4.79 Å². The van der Waals surface area contributed by atoms with Gasteiger partial charge in [-0.1, -0.05) is 43.2 Å². The number of hydrogen-bond acceptors (Lipinski definition) is 3. The van der Waals surface area contributed by atoms with Crippen molar-refractivity contribution < 1.29 is 0 Å². The topological polar surface area (TPSA) is 38.1 Å². The Bertz CT molecular complexity index is 784. The molecule has 0 spiro atoms. The number of nitrogens with zero attached hydrogens (tertiary/aromatic N) is 3. The highest BCUT2D eigenvalue weighted by atomic mass is 16.1. The summed E-state index contributed by atoms with van der Waals surface area (Å²) in [6.07, 6.45) is 12.4. The van der Waals surface area contributed by atoms with Crippen molar-refractivity contribution >= 4 is 0 Å². The molecule has 4 heteroatoms. The maximum atomic E-state index is 12.7. The van der Waals surface area contributed by atoms with Gasteiger partial charge in [-0.05, 0) is 69.2 Å². The fraction of sp³-hybridized carbons (Fsp3) is 0.565. The Morgan fingerprint density at radius 3 is 2.59 bits per heavy atom. The third kappa shape index (κ3) is 4.32. The highest BCUT2D eigenvalue weighted by Crippen LogP contribution is 2.35. The fourth-order valence-corrected chi connectivity index (χ4v) is 5.03. The molecule has 1 saturated carbocycles. The molecule has 2 heterocycles. The van der Waals surface area contributed by atoms with E-state index in [1.54, 1.807) is 10.9 Å². The minimum absolute atomic E-state index is 0.0222. The van der Waals surface area contributed by atoms with Crippen molar-refractivity contribution in [3.8, 4) is 11.1 Å². The number of rotatable bonds is 6. The predicted molar refractivity (Wildman–Crippen MR) is 110 cm³/mol. The van der Waals surface area contributed by atoms with Crippen LogP contribution in [0.2, 0.25) is 0 Å². The van der Waals surface area contributed by atoms with Gasteiger partial charge in [-0.15, -0.1) is 0 Å². The van der Waals surface area contributed by atoms with E-state index in [1.165, 1.54) is 51.6 Å². The Morgan fingerprint density at radius 2 is 1.70 bits per heavy atom. The van der Waals surface area contributed by atoms with Gasteiger partial charge < -0.3 is 4.90 Å². The van der Waals surface area contributed by atoms with Crippen LogP contribution in [0.4, 0.5) is 0 Å². The van der Waals surface area contributed by atoms with E-state index in [4.69, 9.17) is 0 Å². The van der Waals surface area contributed by atoms with Crippen molar-refractivity contribution in [2.75, 3.05) is 13.1 Å². The molecule has 27 heavy (non-hydrogen) atoms. The molecule has 2 atom stereocenters. The van der Waals surface area contributed by atoms with E-state index in [1.807, 2.05) is 36.4 Å². The van der Waals surface area contributed by atoms with Crippen LogP contribution in [0.1, 0.15) is 51.4 Å². The Hall–Kier alpha value is -1.94. The molecule has 2 fully saturated rings. The molecule has 4 rings (SSSR count). The summed E-state index contributed by atoms with van der Waals surface area (Å²) in [6, 6.07) is 12.5. The molecule has 1 aromatic carbocycles. The average Bonchev–Trinajstić information content (AvgIpc) is 2.73. The molecule has 0 radical (unpaired) electrons. The Labute approximate surface area is 162 Å². The van der Waals surface area contributed by atoms with Crippen LogP contribution in [0, 0.1) is 5.92 Å². The van der Waals surface area contributed by atoms with Gasteiger partial charge in [0.25, 0.3) is 5.56 Å². The van der Waals surface area contributed by atoms with Crippen LogP contribution in [0.15, 0.2) is 47.4 Å². The van der Waals surface area contributed by atoms with Crippen molar-refractivity contribution in [1.29, 1.82) is 0 Å². The second-order valence-electron chi connectivity index (χ2n) is 8.14. The van der Waals surface area contributed by atoms with Gasteiger partial charge in [0.2, 0.25) is 0 Å². The fourth-order valence-electron chi connectivity index (χ4n) is 5.03. The lowest BCUT2D eigenvalue weighted by atomic mass is 9.78. The summed E-state index contributed by atoms with van der Waals surface area (Å²) >= 11 is 0. The SMILES string of the molecule is O=c1c(-c2ccccc2)ccnn1CCCCN1CCC[C@H]2CCCCC21. The first-order valence-corrected chi connectivity index (χ1v) is 10.7. The zero-order valence-corrected chi connectivity index (χ0v) is 16.2. The lowest BCUT2D eigenvalue weighted by Crippen LogP contribution is -2.47. The number of piperidine rings is 1. The summed E-state index contributed by atoms with van der Waals surface area (Å²) in [7, 11) is 0. The number of hydrogen-bond donors (Lipinski definition) is 0. The molecule has 144 valence electrons. The van der Waals surface area contributed by atoms with Crippen LogP contribution < -0.4 is 5.56 Å². The van der Waals surface area contributed by atoms with E-state index in [9.17, 15) is 4.79 Å². The lowest BCUT2D eigenvalue weighted by Gasteiger charge is -2.44. The first-order chi connectivity index (χ1) is 13.3. The molecule has 2 aliphatic rings. The minimum atomic E-state index is 0.0222. The average molecular weight is 366 g/mol. The first-order valence-electron chi connectivity index (χ1n) is 10.7. The smallest absolute Gasteiger partial charge is 0.274 e. The summed E-state index contributed by atoms with van der Waals surface area (Å²) < 4.78 is 1.64.